The number of hydrogen-bond donors (Lipinski definition) is 3. The Morgan fingerprint density at radius 2 is 1.26 bits per heavy atom. The van der Waals surface area contributed by atoms with Gasteiger partial charge in [-0.3, -0.25) is 4.79 Å². The SMILES string of the molecule is CC(C)(C)[Si](CC(O)(CC(=O)O)C(=O)O)(c1ccccc1)c1ccccc1. The van der Waals surface area contributed by atoms with Crippen LogP contribution < -0.4 is 10.4 Å². The summed E-state index contributed by atoms with van der Waals surface area (Å²) in [6.45, 7) is 6.09. The van der Waals surface area contributed by atoms with E-state index in [1.165, 1.54) is 0 Å². The molecule has 0 heterocycles. The Hall–Kier alpha value is -2.44. The summed E-state index contributed by atoms with van der Waals surface area (Å²) in [6.07, 6.45) is -0.840. The molecule has 0 aliphatic heterocycles. The highest BCUT2D eigenvalue weighted by Gasteiger charge is 2.55. The van der Waals surface area contributed by atoms with Gasteiger partial charge < -0.3 is 15.3 Å². The van der Waals surface area contributed by atoms with Gasteiger partial charge in [0.1, 0.15) is 8.07 Å². The summed E-state index contributed by atoms with van der Waals surface area (Å²) in [5.74, 6) is -2.84. The van der Waals surface area contributed by atoms with E-state index in [0.29, 0.717) is 0 Å². The van der Waals surface area contributed by atoms with Crippen molar-refractivity contribution in [2.75, 3.05) is 0 Å². The van der Waals surface area contributed by atoms with Crippen molar-refractivity contribution < 1.29 is 24.9 Å². The summed E-state index contributed by atoms with van der Waals surface area (Å²) in [5, 5.41) is 31.4. The first-order chi connectivity index (χ1) is 12.5. The van der Waals surface area contributed by atoms with Crippen LogP contribution in [-0.2, 0) is 9.59 Å². The lowest BCUT2D eigenvalue weighted by atomic mass is 10.0. The van der Waals surface area contributed by atoms with E-state index in [1.54, 1.807) is 0 Å². The largest absolute Gasteiger partial charge is 0.481 e. The monoisotopic (exact) mass is 386 g/mol. The van der Waals surface area contributed by atoms with Gasteiger partial charge in [0.2, 0.25) is 0 Å². The zero-order valence-electron chi connectivity index (χ0n) is 15.8. The fourth-order valence-corrected chi connectivity index (χ4v) is 9.53. The second-order valence-electron chi connectivity index (χ2n) is 7.97. The van der Waals surface area contributed by atoms with E-state index in [0.717, 1.165) is 10.4 Å². The highest BCUT2D eigenvalue weighted by atomic mass is 28.3. The second kappa shape index (κ2) is 7.66. The normalized spacial score (nSPS) is 14.4. The van der Waals surface area contributed by atoms with E-state index in [2.05, 4.69) is 0 Å². The molecule has 0 saturated carbocycles. The summed E-state index contributed by atoms with van der Waals surface area (Å²) in [4.78, 5) is 23.3. The van der Waals surface area contributed by atoms with Crippen molar-refractivity contribution in [1.82, 2.24) is 0 Å². The fourth-order valence-electron chi connectivity index (χ4n) is 3.85. The van der Waals surface area contributed by atoms with E-state index < -0.39 is 32.0 Å². The predicted octanol–water partition coefficient (Wildman–Crippen LogP) is 2.34. The number of carboxylic acids is 2. The maximum absolute atomic E-state index is 11.9. The Labute approximate surface area is 160 Å². The highest BCUT2D eigenvalue weighted by Crippen LogP contribution is 2.42. The van der Waals surface area contributed by atoms with Gasteiger partial charge in [0.15, 0.2) is 5.60 Å². The smallest absolute Gasteiger partial charge is 0.336 e. The van der Waals surface area contributed by atoms with Crippen molar-refractivity contribution >= 4 is 30.4 Å². The van der Waals surface area contributed by atoms with Crippen LogP contribution in [-0.4, -0.2) is 40.9 Å². The van der Waals surface area contributed by atoms with Crippen LogP contribution in [0.15, 0.2) is 60.7 Å². The van der Waals surface area contributed by atoms with Crippen molar-refractivity contribution in [2.45, 2.75) is 43.9 Å². The molecule has 0 fully saturated rings. The Morgan fingerprint density at radius 3 is 1.56 bits per heavy atom. The van der Waals surface area contributed by atoms with Crippen LogP contribution in [0.5, 0.6) is 0 Å². The van der Waals surface area contributed by atoms with Gasteiger partial charge in [-0.25, -0.2) is 4.79 Å². The van der Waals surface area contributed by atoms with E-state index in [-0.39, 0.29) is 11.1 Å². The third-order valence-electron chi connectivity index (χ3n) is 5.21. The molecule has 0 aliphatic carbocycles. The maximum Gasteiger partial charge on any atom is 0.336 e. The first kappa shape index (κ1) is 20.9. The van der Waals surface area contributed by atoms with Crippen LogP contribution in [0.1, 0.15) is 27.2 Å². The molecule has 1 atom stereocenters. The van der Waals surface area contributed by atoms with Crippen molar-refractivity contribution in [3.8, 4) is 0 Å². The van der Waals surface area contributed by atoms with E-state index in [9.17, 15) is 24.9 Å². The fraction of sp³-hybridized carbons (Fsp3) is 0.333. The molecule has 0 radical (unpaired) electrons. The number of carboxylic acid groups (broad SMARTS) is 2. The first-order valence-corrected chi connectivity index (χ1v) is 11.0. The average molecular weight is 387 g/mol. The van der Waals surface area contributed by atoms with Gasteiger partial charge in [-0.1, -0.05) is 91.8 Å². The number of hydrogen-bond acceptors (Lipinski definition) is 3. The first-order valence-electron chi connectivity index (χ1n) is 8.81. The molecule has 2 aromatic rings. The zero-order chi connectivity index (χ0) is 20.3. The lowest BCUT2D eigenvalue weighted by Crippen LogP contribution is -2.68. The van der Waals surface area contributed by atoms with Crippen LogP contribution in [0.3, 0.4) is 0 Å². The van der Waals surface area contributed by atoms with Gasteiger partial charge in [0.05, 0.1) is 6.42 Å². The van der Waals surface area contributed by atoms with Crippen molar-refractivity contribution in [2.24, 2.45) is 0 Å². The number of carbonyl (C=O) groups is 2. The Balaban J connectivity index is 2.80. The van der Waals surface area contributed by atoms with Crippen LogP contribution in [0.4, 0.5) is 0 Å². The van der Waals surface area contributed by atoms with E-state index >= 15 is 0 Å². The molecule has 2 aromatic carbocycles. The minimum absolute atomic E-state index is 0.126. The van der Waals surface area contributed by atoms with Gasteiger partial charge in [0, 0.05) is 0 Å². The van der Waals surface area contributed by atoms with E-state index in [1.807, 2.05) is 81.4 Å². The maximum atomic E-state index is 11.9. The minimum atomic E-state index is -2.91. The molecular formula is C21H26O5Si. The Morgan fingerprint density at radius 1 is 0.852 bits per heavy atom. The summed E-state index contributed by atoms with van der Waals surface area (Å²) in [7, 11) is -2.91. The molecule has 0 aliphatic rings. The summed E-state index contributed by atoms with van der Waals surface area (Å²) < 4.78 is 0. The van der Waals surface area contributed by atoms with Crippen molar-refractivity contribution in [1.29, 1.82) is 0 Å². The van der Waals surface area contributed by atoms with Crippen LogP contribution >= 0.6 is 0 Å². The Kier molecular flexibility index (Phi) is 5.92. The molecule has 0 bridgehead atoms. The van der Waals surface area contributed by atoms with Crippen LogP contribution in [0, 0.1) is 0 Å². The summed E-state index contributed by atoms with van der Waals surface area (Å²) in [6, 6.07) is 19.0. The Bertz CT molecular complexity index is 759. The topological polar surface area (TPSA) is 94.8 Å². The lowest BCUT2D eigenvalue weighted by molar-refractivity contribution is -0.163. The molecule has 5 nitrogen and oxygen atoms in total. The molecule has 0 amide bonds. The van der Waals surface area contributed by atoms with Gasteiger partial charge in [-0.05, 0) is 11.1 Å². The quantitative estimate of drug-likeness (QED) is 0.635. The number of aliphatic hydroxyl groups is 1. The minimum Gasteiger partial charge on any atom is -0.481 e. The number of aliphatic carboxylic acids is 2. The van der Waals surface area contributed by atoms with Gasteiger partial charge in [-0.15, -0.1) is 0 Å². The standard InChI is InChI=1S/C21H26O5Si/c1-20(2,3)27(16-10-6-4-7-11-16,17-12-8-5-9-13-17)15-21(26,19(24)25)14-18(22)23/h4-13,26H,14-15H2,1-3H3,(H,22,23)(H,24,25). The van der Waals surface area contributed by atoms with Gasteiger partial charge >= 0.3 is 11.9 Å². The molecule has 1 unspecified atom stereocenters. The average Bonchev–Trinajstić information content (AvgIpc) is 2.59. The highest BCUT2D eigenvalue weighted by molar-refractivity contribution is 7.04. The molecule has 0 spiro atoms. The molecular weight excluding hydrogens is 360 g/mol. The third-order valence-corrected chi connectivity index (χ3v) is 11.5. The number of rotatable bonds is 7. The van der Waals surface area contributed by atoms with Gasteiger partial charge in [0.25, 0.3) is 0 Å². The zero-order valence-corrected chi connectivity index (χ0v) is 16.8. The lowest BCUT2D eigenvalue weighted by Gasteiger charge is -2.47. The summed E-state index contributed by atoms with van der Waals surface area (Å²) in [5.41, 5.74) is -2.35. The summed E-state index contributed by atoms with van der Waals surface area (Å²) >= 11 is 0. The van der Waals surface area contributed by atoms with Crippen LogP contribution in [0.25, 0.3) is 0 Å². The molecule has 3 N–H and O–H groups in total. The van der Waals surface area contributed by atoms with Gasteiger partial charge in [-0.2, -0.15) is 0 Å². The third kappa shape index (κ3) is 4.12. The number of benzene rings is 2. The molecule has 2 rings (SSSR count). The predicted molar refractivity (Wildman–Crippen MR) is 107 cm³/mol. The molecule has 144 valence electrons. The molecule has 0 saturated heterocycles. The van der Waals surface area contributed by atoms with Crippen molar-refractivity contribution in [3.05, 3.63) is 60.7 Å². The second-order valence-corrected chi connectivity index (χ2v) is 12.8. The molecule has 27 heavy (non-hydrogen) atoms. The molecule has 0 aromatic heterocycles. The molecule has 6 heteroatoms. The van der Waals surface area contributed by atoms with Crippen molar-refractivity contribution in [3.63, 3.8) is 0 Å². The van der Waals surface area contributed by atoms with E-state index in [4.69, 9.17) is 0 Å². The van der Waals surface area contributed by atoms with Crippen LogP contribution in [0.2, 0.25) is 11.1 Å².